The molecule has 0 spiro atoms. The second-order valence-electron chi connectivity index (χ2n) is 8.67. The van der Waals surface area contributed by atoms with E-state index in [-0.39, 0.29) is 16.3 Å². The number of nitrogens with one attached hydrogen (secondary N) is 4. The first-order valence-corrected chi connectivity index (χ1v) is 13.6. The van der Waals surface area contributed by atoms with Crippen molar-refractivity contribution in [2.24, 2.45) is 0 Å². The average molecular weight is 581 g/mol. The minimum absolute atomic E-state index is 0.141. The number of imidazole rings is 1. The van der Waals surface area contributed by atoms with Crippen LogP contribution in [0.25, 0.3) is 26.9 Å². The minimum atomic E-state index is -0.309. The molecular formula is C26H26BrN7O2S. The maximum atomic E-state index is 12.6. The van der Waals surface area contributed by atoms with E-state index in [0.29, 0.717) is 17.9 Å². The van der Waals surface area contributed by atoms with Gasteiger partial charge < -0.3 is 20.9 Å². The smallest absolute Gasteiger partial charge is 0.267 e. The van der Waals surface area contributed by atoms with E-state index in [0.717, 1.165) is 65.1 Å². The van der Waals surface area contributed by atoms with Gasteiger partial charge in [0.2, 0.25) is 10.9 Å². The molecule has 0 saturated carbocycles. The molecule has 190 valence electrons. The normalized spacial score (nSPS) is 11.3. The van der Waals surface area contributed by atoms with Crippen molar-refractivity contribution in [1.82, 2.24) is 24.1 Å². The molecule has 3 heterocycles. The molecule has 0 bridgehead atoms. The molecule has 0 unspecified atom stereocenters. The quantitative estimate of drug-likeness (QED) is 0.119. The first-order chi connectivity index (χ1) is 18.0. The number of aromatic amines is 1. The van der Waals surface area contributed by atoms with E-state index in [2.05, 4.69) is 63.3 Å². The number of nitrogens with zero attached hydrogens (tertiary/aromatic N) is 3. The predicted molar refractivity (Wildman–Crippen MR) is 153 cm³/mol. The summed E-state index contributed by atoms with van der Waals surface area (Å²) in [5.41, 5.74) is 4.00. The van der Waals surface area contributed by atoms with Gasteiger partial charge in [0.25, 0.3) is 11.8 Å². The van der Waals surface area contributed by atoms with Crippen molar-refractivity contribution in [1.29, 1.82) is 0 Å². The minimum Gasteiger partial charge on any atom is -0.355 e. The standard InChI is InChI=1S/C26H26BrN7O2S/c1-16(27)23(35)30-18-10-11-19-17(14-18)15-21(31-19)24(36)28-12-6-2-3-7-13-29-25-33-37-26-32-20-8-4-5-9-22(20)34(25)26/h4-5,8-11,14-15,31H,1-3,6-7,12-13H2,(H,28,36)(H,29,33)(H,30,35). The molecule has 0 fully saturated rings. The lowest BCUT2D eigenvalue weighted by molar-refractivity contribution is -0.112. The third-order valence-corrected chi connectivity index (χ3v) is 7.06. The van der Waals surface area contributed by atoms with Gasteiger partial charge in [-0.3, -0.25) is 14.0 Å². The Morgan fingerprint density at radius 1 is 1.05 bits per heavy atom. The van der Waals surface area contributed by atoms with Gasteiger partial charge in [0.1, 0.15) is 5.69 Å². The van der Waals surface area contributed by atoms with Crippen molar-refractivity contribution in [2.45, 2.75) is 25.7 Å². The van der Waals surface area contributed by atoms with E-state index in [9.17, 15) is 9.59 Å². The van der Waals surface area contributed by atoms with Gasteiger partial charge in [-0.1, -0.05) is 31.6 Å². The van der Waals surface area contributed by atoms with Crippen molar-refractivity contribution in [3.63, 3.8) is 0 Å². The number of para-hydroxylation sites is 2. The van der Waals surface area contributed by atoms with Gasteiger partial charge >= 0.3 is 0 Å². The first kappa shape index (κ1) is 25.0. The van der Waals surface area contributed by atoms with Crippen molar-refractivity contribution in [2.75, 3.05) is 23.7 Å². The number of fused-ring (bicyclic) bond motifs is 4. The zero-order valence-corrected chi connectivity index (χ0v) is 22.4. The number of unbranched alkanes of at least 4 members (excludes halogenated alkanes) is 3. The highest BCUT2D eigenvalue weighted by Gasteiger charge is 2.12. The molecule has 37 heavy (non-hydrogen) atoms. The number of benzene rings is 2. The van der Waals surface area contributed by atoms with Crippen molar-refractivity contribution < 1.29 is 9.59 Å². The number of anilines is 2. The lowest BCUT2D eigenvalue weighted by atomic mass is 10.2. The predicted octanol–water partition coefficient (Wildman–Crippen LogP) is 5.67. The van der Waals surface area contributed by atoms with Gasteiger partial charge in [-0.15, -0.1) is 0 Å². The Balaban J connectivity index is 1.03. The van der Waals surface area contributed by atoms with Gasteiger partial charge in [-0.2, -0.15) is 4.37 Å². The van der Waals surface area contributed by atoms with Gasteiger partial charge in [0, 0.05) is 41.2 Å². The Hall–Kier alpha value is -3.70. The number of rotatable bonds is 11. The van der Waals surface area contributed by atoms with E-state index in [1.54, 1.807) is 12.1 Å². The van der Waals surface area contributed by atoms with Crippen LogP contribution in [0.3, 0.4) is 0 Å². The lowest BCUT2D eigenvalue weighted by Gasteiger charge is -2.05. The molecule has 0 aliphatic rings. The zero-order valence-electron chi connectivity index (χ0n) is 20.0. The molecule has 0 aliphatic carbocycles. The number of amides is 2. The van der Waals surface area contributed by atoms with Crippen molar-refractivity contribution in [3.05, 3.63) is 65.3 Å². The highest BCUT2D eigenvalue weighted by Crippen LogP contribution is 2.24. The van der Waals surface area contributed by atoms with Gasteiger partial charge in [0.15, 0.2) is 0 Å². The summed E-state index contributed by atoms with van der Waals surface area (Å²) in [5, 5.41) is 9.99. The van der Waals surface area contributed by atoms with Crippen molar-refractivity contribution >= 4 is 77.8 Å². The number of aromatic nitrogens is 4. The lowest BCUT2D eigenvalue weighted by Crippen LogP contribution is -2.24. The molecule has 0 radical (unpaired) electrons. The first-order valence-electron chi connectivity index (χ1n) is 12.0. The average Bonchev–Trinajstić information content (AvgIpc) is 3.59. The van der Waals surface area contributed by atoms with Crippen LogP contribution >= 0.6 is 27.5 Å². The third kappa shape index (κ3) is 5.67. The number of halogens is 1. The zero-order chi connectivity index (χ0) is 25.8. The van der Waals surface area contributed by atoms with Crippen LogP contribution in [0, 0.1) is 0 Å². The van der Waals surface area contributed by atoms with Gasteiger partial charge in [-0.05, 0) is 65.2 Å². The fraction of sp³-hybridized carbons (Fsp3) is 0.231. The number of carbonyl (C=O) groups is 2. The highest BCUT2D eigenvalue weighted by molar-refractivity contribution is 9.12. The summed E-state index contributed by atoms with van der Waals surface area (Å²) >= 11 is 4.46. The summed E-state index contributed by atoms with van der Waals surface area (Å²) in [7, 11) is 0. The Morgan fingerprint density at radius 3 is 2.70 bits per heavy atom. The molecule has 5 rings (SSSR count). The fourth-order valence-electron chi connectivity index (χ4n) is 4.14. The van der Waals surface area contributed by atoms with Gasteiger partial charge in [0.05, 0.1) is 15.5 Å². The van der Waals surface area contributed by atoms with E-state index < -0.39 is 0 Å². The SMILES string of the molecule is C=C(Br)C(=O)Nc1ccc2[nH]c(C(=O)NCCCCCCNc3nsc4nc5ccccc5n34)cc2c1. The molecule has 0 atom stereocenters. The molecule has 4 N–H and O–H groups in total. The van der Waals surface area contributed by atoms with E-state index in [1.807, 2.05) is 30.3 Å². The van der Waals surface area contributed by atoms with Crippen LogP contribution < -0.4 is 16.0 Å². The molecule has 3 aromatic heterocycles. The van der Waals surface area contributed by atoms with Crippen LogP contribution in [0.5, 0.6) is 0 Å². The van der Waals surface area contributed by atoms with Crippen LogP contribution in [-0.2, 0) is 4.79 Å². The summed E-state index contributed by atoms with van der Waals surface area (Å²) < 4.78 is 6.82. The molecule has 0 aliphatic heterocycles. The van der Waals surface area contributed by atoms with Crippen molar-refractivity contribution in [3.8, 4) is 0 Å². The topological polar surface area (TPSA) is 116 Å². The van der Waals surface area contributed by atoms with Crippen LogP contribution in [-0.4, -0.2) is 43.6 Å². The summed E-state index contributed by atoms with van der Waals surface area (Å²) in [6.45, 7) is 5.01. The highest BCUT2D eigenvalue weighted by atomic mass is 79.9. The van der Waals surface area contributed by atoms with E-state index in [4.69, 9.17) is 0 Å². The van der Waals surface area contributed by atoms with Gasteiger partial charge in [-0.25, -0.2) is 4.98 Å². The number of H-pyrrole nitrogens is 1. The van der Waals surface area contributed by atoms with E-state index >= 15 is 0 Å². The van der Waals surface area contributed by atoms with Crippen LogP contribution in [0.15, 0.2) is 59.6 Å². The Bertz CT molecular complexity index is 1600. The molecule has 0 saturated heterocycles. The summed E-state index contributed by atoms with van der Waals surface area (Å²) in [6.07, 6.45) is 4.01. The molecule has 2 aromatic carbocycles. The maximum Gasteiger partial charge on any atom is 0.267 e. The number of hydrogen-bond acceptors (Lipinski definition) is 6. The molecule has 2 amide bonds. The molecule has 11 heteroatoms. The number of hydrogen-bond donors (Lipinski definition) is 4. The van der Waals surface area contributed by atoms with Crippen LogP contribution in [0.1, 0.15) is 36.2 Å². The largest absolute Gasteiger partial charge is 0.355 e. The molecular weight excluding hydrogens is 554 g/mol. The Kier molecular flexibility index (Phi) is 7.52. The second kappa shape index (κ2) is 11.1. The molecule has 5 aromatic rings. The maximum absolute atomic E-state index is 12.6. The van der Waals surface area contributed by atoms with Crippen LogP contribution in [0.2, 0.25) is 0 Å². The summed E-state index contributed by atoms with van der Waals surface area (Å²) in [5.74, 6) is 0.385. The second-order valence-corrected chi connectivity index (χ2v) is 10.4. The third-order valence-electron chi connectivity index (χ3n) is 6.00. The Labute approximate surface area is 225 Å². The Morgan fingerprint density at radius 2 is 1.86 bits per heavy atom. The monoisotopic (exact) mass is 579 g/mol. The van der Waals surface area contributed by atoms with Crippen LogP contribution in [0.4, 0.5) is 11.6 Å². The number of carbonyl (C=O) groups excluding carboxylic acids is 2. The summed E-state index contributed by atoms with van der Waals surface area (Å²) in [6, 6.07) is 15.3. The molecule has 9 nitrogen and oxygen atoms in total. The fourth-order valence-corrected chi connectivity index (χ4v) is 4.96. The summed E-state index contributed by atoms with van der Waals surface area (Å²) in [4.78, 5) is 33.0. The van der Waals surface area contributed by atoms with E-state index in [1.165, 1.54) is 11.5 Å².